The van der Waals surface area contributed by atoms with Gasteiger partial charge in [0.2, 0.25) is 0 Å². The molecule has 4 aromatic rings. The molecule has 1 fully saturated rings. The lowest BCUT2D eigenvalue weighted by molar-refractivity contribution is -0.119. The summed E-state index contributed by atoms with van der Waals surface area (Å²) in [5.74, 6) is 0.654. The third-order valence-corrected chi connectivity index (χ3v) is 7.17. The maximum atomic E-state index is 12.9. The Balaban J connectivity index is 1.17. The Hall–Kier alpha value is -3.01. The van der Waals surface area contributed by atoms with Crippen LogP contribution in [0.5, 0.6) is 0 Å². The third-order valence-electron chi connectivity index (χ3n) is 6.58. The zero-order valence-electron chi connectivity index (χ0n) is 18.5. The van der Waals surface area contributed by atoms with Crippen LogP contribution in [-0.4, -0.2) is 16.6 Å². The zero-order valence-corrected chi connectivity index (χ0v) is 20.0. The molecule has 1 aliphatic rings. The van der Waals surface area contributed by atoms with Gasteiger partial charge >= 0.3 is 0 Å². The summed E-state index contributed by atoms with van der Waals surface area (Å²) in [6, 6.07) is 21.1. The molecule has 0 amide bonds. The maximum absolute atomic E-state index is 12.9. The van der Waals surface area contributed by atoms with Gasteiger partial charge in [-0.05, 0) is 59.0 Å². The Morgan fingerprint density at radius 2 is 1.74 bits per heavy atom. The molecule has 3 aromatic carbocycles. The molecule has 1 heterocycles. The fourth-order valence-electron chi connectivity index (χ4n) is 4.53. The van der Waals surface area contributed by atoms with Crippen LogP contribution in [0, 0.1) is 5.92 Å². The minimum absolute atomic E-state index is 0.0572. The molecule has 2 atom stereocenters. The van der Waals surface area contributed by atoms with E-state index < -0.39 is 0 Å². The van der Waals surface area contributed by atoms with Crippen molar-refractivity contribution in [2.75, 3.05) is 0 Å². The van der Waals surface area contributed by atoms with Gasteiger partial charge in [0.1, 0.15) is 5.78 Å². The largest absolute Gasteiger partial charge is 0.299 e. The van der Waals surface area contributed by atoms with Crippen LogP contribution in [0.2, 0.25) is 10.0 Å². The van der Waals surface area contributed by atoms with Crippen molar-refractivity contribution >= 4 is 45.5 Å². The van der Waals surface area contributed by atoms with E-state index in [-0.39, 0.29) is 23.4 Å². The van der Waals surface area contributed by atoms with Crippen LogP contribution in [0.1, 0.15) is 45.8 Å². The first kappa shape index (κ1) is 22.8. The number of rotatable bonds is 8. The summed E-state index contributed by atoms with van der Waals surface area (Å²) >= 11 is 12.1. The van der Waals surface area contributed by atoms with Crippen molar-refractivity contribution in [3.8, 4) is 0 Å². The Morgan fingerprint density at radius 3 is 2.53 bits per heavy atom. The van der Waals surface area contributed by atoms with Gasteiger partial charge in [-0.1, -0.05) is 71.7 Å². The number of nitrogens with zero attached hydrogens (tertiary/aromatic N) is 1. The summed E-state index contributed by atoms with van der Waals surface area (Å²) in [7, 11) is 0. The highest BCUT2D eigenvalue weighted by atomic mass is 35.5. The summed E-state index contributed by atoms with van der Waals surface area (Å²) in [5, 5.41) is 3.35. The van der Waals surface area contributed by atoms with Crippen LogP contribution in [0.4, 0.5) is 0 Å². The molecule has 0 spiro atoms. The van der Waals surface area contributed by atoms with Gasteiger partial charge in [0.15, 0.2) is 5.78 Å². The van der Waals surface area contributed by atoms with E-state index >= 15 is 0 Å². The van der Waals surface area contributed by atoms with Gasteiger partial charge in [0, 0.05) is 52.1 Å². The first-order valence-corrected chi connectivity index (χ1v) is 12.2. The molecule has 0 radical (unpaired) electrons. The highest BCUT2D eigenvalue weighted by molar-refractivity contribution is 6.35. The van der Waals surface area contributed by atoms with E-state index in [1.165, 1.54) is 0 Å². The number of aromatic nitrogens is 1. The number of fused-ring (bicyclic) bond motifs is 1. The van der Waals surface area contributed by atoms with Gasteiger partial charge in [-0.3, -0.25) is 14.6 Å². The van der Waals surface area contributed by atoms with Crippen LogP contribution in [0.3, 0.4) is 0 Å². The molecule has 0 aliphatic heterocycles. The molecule has 5 rings (SSSR count). The van der Waals surface area contributed by atoms with Crippen molar-refractivity contribution in [1.82, 2.24) is 4.98 Å². The van der Waals surface area contributed by atoms with Crippen molar-refractivity contribution in [1.29, 1.82) is 0 Å². The van der Waals surface area contributed by atoms with Crippen LogP contribution in [0.25, 0.3) is 10.8 Å². The van der Waals surface area contributed by atoms with Crippen molar-refractivity contribution < 1.29 is 9.59 Å². The summed E-state index contributed by atoms with van der Waals surface area (Å²) in [6.45, 7) is 0. The number of ketones is 2. The van der Waals surface area contributed by atoms with Crippen molar-refractivity contribution in [2.45, 2.75) is 31.6 Å². The second kappa shape index (κ2) is 9.69. The molecule has 0 unspecified atom stereocenters. The fraction of sp³-hybridized carbons (Fsp3) is 0.207. The summed E-state index contributed by atoms with van der Waals surface area (Å²) in [6.07, 6.45) is 5.88. The molecular formula is C29H23Cl2NO2. The number of pyridine rings is 1. The molecule has 1 aromatic heterocycles. The van der Waals surface area contributed by atoms with Crippen LogP contribution < -0.4 is 0 Å². The molecule has 5 heteroatoms. The lowest BCUT2D eigenvalue weighted by atomic mass is 9.98. The van der Waals surface area contributed by atoms with Crippen molar-refractivity contribution in [2.24, 2.45) is 5.92 Å². The average molecular weight is 488 g/mol. The Bertz CT molecular complexity index is 1380. The summed E-state index contributed by atoms with van der Waals surface area (Å²) in [5.41, 5.74) is 3.76. The highest BCUT2D eigenvalue weighted by Crippen LogP contribution is 2.48. The summed E-state index contributed by atoms with van der Waals surface area (Å²) in [4.78, 5) is 29.6. The van der Waals surface area contributed by atoms with E-state index in [9.17, 15) is 9.59 Å². The van der Waals surface area contributed by atoms with E-state index in [0.717, 1.165) is 33.9 Å². The quantitative estimate of drug-likeness (QED) is 0.245. The molecule has 1 saturated carbocycles. The lowest BCUT2D eigenvalue weighted by Gasteiger charge is -2.06. The first-order valence-electron chi connectivity index (χ1n) is 11.4. The Morgan fingerprint density at radius 1 is 0.912 bits per heavy atom. The number of benzene rings is 3. The topological polar surface area (TPSA) is 47.0 Å². The van der Waals surface area contributed by atoms with Crippen LogP contribution in [0.15, 0.2) is 79.1 Å². The van der Waals surface area contributed by atoms with E-state index in [2.05, 4.69) is 11.1 Å². The first-order chi connectivity index (χ1) is 16.5. The number of halogens is 2. The Kier molecular flexibility index (Phi) is 6.49. The number of Topliss-reactive ketones (excluding diaryl/α,β-unsaturated/α-hetero) is 2. The van der Waals surface area contributed by atoms with E-state index in [1.54, 1.807) is 18.3 Å². The van der Waals surface area contributed by atoms with E-state index in [4.69, 9.17) is 23.2 Å². The predicted octanol–water partition coefficient (Wildman–Crippen LogP) is 7.27. The third kappa shape index (κ3) is 5.06. The number of aryl methyl sites for hydroxylation is 1. The average Bonchev–Trinajstić information content (AvgIpc) is 3.65. The van der Waals surface area contributed by atoms with Crippen LogP contribution >= 0.6 is 23.2 Å². The minimum atomic E-state index is 0.0572. The molecular weight excluding hydrogens is 465 g/mol. The van der Waals surface area contributed by atoms with Gasteiger partial charge in [0.05, 0.1) is 0 Å². The lowest BCUT2D eigenvalue weighted by Crippen LogP contribution is -2.06. The second-order valence-corrected chi connectivity index (χ2v) is 9.77. The number of hydrogen-bond acceptors (Lipinski definition) is 3. The zero-order chi connectivity index (χ0) is 23.7. The minimum Gasteiger partial charge on any atom is -0.299 e. The predicted molar refractivity (Wildman–Crippen MR) is 137 cm³/mol. The number of carbonyl (C=O) groups excluding carboxylic acids is 2. The summed E-state index contributed by atoms with van der Waals surface area (Å²) < 4.78 is 0. The van der Waals surface area contributed by atoms with Crippen molar-refractivity contribution in [3.05, 3.63) is 111 Å². The smallest absolute Gasteiger partial charge is 0.163 e. The van der Waals surface area contributed by atoms with E-state index in [0.29, 0.717) is 34.9 Å². The van der Waals surface area contributed by atoms with Crippen molar-refractivity contribution in [3.63, 3.8) is 0 Å². The highest BCUT2D eigenvalue weighted by Gasteiger charge is 2.43. The molecule has 0 saturated heterocycles. The van der Waals surface area contributed by atoms with Crippen LogP contribution in [-0.2, 0) is 17.6 Å². The standard InChI is InChI=1S/C29H23Cl2NO2/c30-24-9-7-20(27(31)15-24)8-10-28(33)21-5-3-19(4-6-21)25-16-26(25)29(34)14-18-1-2-23-17-32-12-11-22(23)13-18/h1-7,9,11-13,15,17,25-26H,8,10,14,16H2/t25-,26+/m0/s1. The molecule has 1 aliphatic carbocycles. The van der Waals surface area contributed by atoms with Gasteiger partial charge in [-0.15, -0.1) is 0 Å². The van der Waals surface area contributed by atoms with Gasteiger partial charge < -0.3 is 0 Å². The second-order valence-electron chi connectivity index (χ2n) is 8.93. The SMILES string of the molecule is O=C(CCc1ccc(Cl)cc1Cl)c1ccc([C@@H]2C[C@H]2C(=O)Cc2ccc3cnccc3c2)cc1. The number of hydrogen-bond donors (Lipinski definition) is 0. The molecule has 170 valence electrons. The molecule has 0 bridgehead atoms. The van der Waals surface area contributed by atoms with Gasteiger partial charge in [-0.25, -0.2) is 0 Å². The molecule has 3 nitrogen and oxygen atoms in total. The van der Waals surface area contributed by atoms with Gasteiger partial charge in [0.25, 0.3) is 0 Å². The maximum Gasteiger partial charge on any atom is 0.163 e. The van der Waals surface area contributed by atoms with Gasteiger partial charge in [-0.2, -0.15) is 0 Å². The Labute approximate surface area is 208 Å². The fourth-order valence-corrected chi connectivity index (χ4v) is 5.03. The monoisotopic (exact) mass is 487 g/mol. The normalized spacial score (nSPS) is 17.0. The number of carbonyl (C=O) groups is 2. The van der Waals surface area contributed by atoms with E-state index in [1.807, 2.05) is 54.7 Å². The molecule has 0 N–H and O–H groups in total. The molecule has 34 heavy (non-hydrogen) atoms.